The Balaban J connectivity index is 1.95. The van der Waals surface area contributed by atoms with Gasteiger partial charge in [-0.2, -0.15) is 18.2 Å². The maximum atomic E-state index is 12.4. The molecule has 16 heavy (non-hydrogen) atoms. The van der Waals surface area contributed by atoms with Gasteiger partial charge >= 0.3 is 6.18 Å². The first-order valence-electron chi connectivity index (χ1n) is 5.02. The normalized spacial score (nSPS) is 27.0. The van der Waals surface area contributed by atoms with E-state index < -0.39 is 12.1 Å². The summed E-state index contributed by atoms with van der Waals surface area (Å²) in [5.74, 6) is -0.689. The Morgan fingerprint density at radius 3 is 2.25 bits per heavy atom. The summed E-state index contributed by atoms with van der Waals surface area (Å²) in [5.41, 5.74) is 0. The van der Waals surface area contributed by atoms with Crippen molar-refractivity contribution in [2.24, 2.45) is 5.92 Å². The molecule has 7 heteroatoms. The third-order valence-electron chi connectivity index (χ3n) is 2.96. The van der Waals surface area contributed by atoms with Crippen LogP contribution in [0.2, 0.25) is 0 Å². The molecule has 2 rings (SSSR count). The van der Waals surface area contributed by atoms with E-state index in [0.717, 1.165) is 0 Å². The van der Waals surface area contributed by atoms with Crippen LogP contribution in [0.1, 0.15) is 37.5 Å². The minimum absolute atomic E-state index is 0.00499. The molecule has 1 fully saturated rings. The summed E-state index contributed by atoms with van der Waals surface area (Å²) in [5, 5.41) is 3.64. The van der Waals surface area contributed by atoms with E-state index in [1.54, 1.807) is 0 Å². The van der Waals surface area contributed by atoms with E-state index in [2.05, 4.69) is 10.1 Å². The molecule has 0 radical (unpaired) electrons. The van der Waals surface area contributed by atoms with E-state index in [1.807, 2.05) is 22.6 Å². The van der Waals surface area contributed by atoms with Gasteiger partial charge in [0.2, 0.25) is 9.72 Å². The third kappa shape index (κ3) is 2.67. The highest BCUT2D eigenvalue weighted by Crippen LogP contribution is 2.42. The fourth-order valence-electron chi connectivity index (χ4n) is 2.05. The molecular weight excluding hydrogens is 336 g/mol. The van der Waals surface area contributed by atoms with E-state index in [1.165, 1.54) is 0 Å². The largest absolute Gasteiger partial charge is 0.391 e. The van der Waals surface area contributed by atoms with Crippen LogP contribution in [0.5, 0.6) is 0 Å². The lowest BCUT2D eigenvalue weighted by Crippen LogP contribution is -2.27. The molecule has 0 aromatic carbocycles. The first-order chi connectivity index (χ1) is 7.47. The van der Waals surface area contributed by atoms with Crippen LogP contribution < -0.4 is 0 Å². The summed E-state index contributed by atoms with van der Waals surface area (Å²) in [6.45, 7) is 0. The first kappa shape index (κ1) is 12.1. The average Bonchev–Trinajstić information content (AvgIpc) is 2.64. The van der Waals surface area contributed by atoms with Crippen molar-refractivity contribution in [1.82, 2.24) is 10.1 Å². The monoisotopic (exact) mass is 346 g/mol. The second-order valence-electron chi connectivity index (χ2n) is 3.99. The molecule has 1 aliphatic carbocycles. The van der Waals surface area contributed by atoms with Gasteiger partial charge in [0, 0.05) is 28.5 Å². The molecule has 0 amide bonds. The number of alkyl halides is 3. The zero-order valence-corrected chi connectivity index (χ0v) is 10.5. The summed E-state index contributed by atoms with van der Waals surface area (Å²) < 4.78 is 42.7. The highest BCUT2D eigenvalue weighted by molar-refractivity contribution is 14.1. The molecule has 1 aromatic heterocycles. The molecule has 0 saturated heterocycles. The standard InChI is InChI=1S/C9H10F3IN2O/c10-9(11,12)6-3-1-5(2-4-6)7-14-8(13)15-16-7/h5-6H,1-4H2. The van der Waals surface area contributed by atoms with Crippen molar-refractivity contribution < 1.29 is 17.7 Å². The van der Waals surface area contributed by atoms with Crippen molar-refractivity contribution in [1.29, 1.82) is 0 Å². The zero-order valence-electron chi connectivity index (χ0n) is 8.30. The minimum atomic E-state index is -4.06. The lowest BCUT2D eigenvalue weighted by molar-refractivity contribution is -0.182. The molecule has 1 saturated carbocycles. The van der Waals surface area contributed by atoms with Gasteiger partial charge in [0.25, 0.3) is 0 Å². The topological polar surface area (TPSA) is 38.9 Å². The fourth-order valence-corrected chi connectivity index (χ4v) is 2.39. The number of nitrogens with zero attached hydrogens (tertiary/aromatic N) is 2. The van der Waals surface area contributed by atoms with Gasteiger partial charge in [-0.1, -0.05) is 5.16 Å². The van der Waals surface area contributed by atoms with Gasteiger partial charge in [-0.05, 0) is 25.7 Å². The number of aromatic nitrogens is 2. The van der Waals surface area contributed by atoms with Crippen LogP contribution in [0.15, 0.2) is 4.52 Å². The molecule has 0 spiro atoms. The highest BCUT2D eigenvalue weighted by atomic mass is 127. The van der Waals surface area contributed by atoms with Crippen molar-refractivity contribution in [3.63, 3.8) is 0 Å². The Morgan fingerprint density at radius 1 is 1.19 bits per heavy atom. The highest BCUT2D eigenvalue weighted by Gasteiger charge is 2.42. The molecule has 0 N–H and O–H groups in total. The predicted molar refractivity (Wildman–Crippen MR) is 57.8 cm³/mol. The molecule has 0 unspecified atom stereocenters. The Morgan fingerprint density at radius 2 is 1.81 bits per heavy atom. The summed E-state index contributed by atoms with van der Waals surface area (Å²) in [7, 11) is 0. The summed E-state index contributed by atoms with van der Waals surface area (Å²) in [6, 6.07) is 0. The average molecular weight is 346 g/mol. The van der Waals surface area contributed by atoms with Gasteiger partial charge in [0.05, 0.1) is 5.92 Å². The van der Waals surface area contributed by atoms with Crippen molar-refractivity contribution in [2.45, 2.75) is 37.8 Å². The number of rotatable bonds is 1. The maximum Gasteiger partial charge on any atom is 0.391 e. The van der Waals surface area contributed by atoms with Crippen LogP contribution in [0.25, 0.3) is 0 Å². The SMILES string of the molecule is FC(F)(F)C1CCC(c2nc(I)no2)CC1. The summed E-state index contributed by atoms with van der Waals surface area (Å²) in [4.78, 5) is 4.05. The van der Waals surface area contributed by atoms with Crippen LogP contribution in [0, 0.1) is 9.75 Å². The van der Waals surface area contributed by atoms with E-state index in [0.29, 0.717) is 22.6 Å². The van der Waals surface area contributed by atoms with Gasteiger partial charge in [0.1, 0.15) is 0 Å². The van der Waals surface area contributed by atoms with Crippen molar-refractivity contribution >= 4 is 22.6 Å². The molecule has 0 aliphatic heterocycles. The molecule has 0 bridgehead atoms. The van der Waals surface area contributed by atoms with Crippen LogP contribution in [0.3, 0.4) is 0 Å². The second-order valence-corrected chi connectivity index (χ2v) is 4.96. The molecule has 1 heterocycles. The molecule has 90 valence electrons. The lowest BCUT2D eigenvalue weighted by Gasteiger charge is -2.27. The van der Waals surface area contributed by atoms with E-state index in [9.17, 15) is 13.2 Å². The molecule has 1 aliphatic rings. The zero-order chi connectivity index (χ0) is 11.8. The Labute approximate surface area is 104 Å². The molecule has 3 nitrogen and oxygen atoms in total. The van der Waals surface area contributed by atoms with Crippen molar-refractivity contribution in [3.05, 3.63) is 9.72 Å². The molecule has 1 aromatic rings. The smallest absolute Gasteiger partial charge is 0.338 e. The molecular formula is C9H10F3IN2O. The predicted octanol–water partition coefficient (Wildman–Crippen LogP) is 3.51. The van der Waals surface area contributed by atoms with E-state index >= 15 is 0 Å². The Bertz CT molecular complexity index is 358. The van der Waals surface area contributed by atoms with E-state index in [-0.39, 0.29) is 18.8 Å². The third-order valence-corrected chi connectivity index (χ3v) is 3.39. The number of hydrogen-bond donors (Lipinski definition) is 0. The summed E-state index contributed by atoms with van der Waals surface area (Å²) in [6.07, 6.45) is -2.79. The Hall–Kier alpha value is -0.340. The number of hydrogen-bond acceptors (Lipinski definition) is 3. The van der Waals surface area contributed by atoms with Crippen molar-refractivity contribution in [2.75, 3.05) is 0 Å². The Kier molecular flexibility index (Phi) is 3.41. The quantitative estimate of drug-likeness (QED) is 0.731. The molecule has 0 atom stereocenters. The fraction of sp³-hybridized carbons (Fsp3) is 0.778. The van der Waals surface area contributed by atoms with Crippen LogP contribution in [-0.4, -0.2) is 16.3 Å². The van der Waals surface area contributed by atoms with Gasteiger partial charge in [-0.15, -0.1) is 0 Å². The van der Waals surface area contributed by atoms with Gasteiger partial charge in [-0.3, -0.25) is 0 Å². The lowest BCUT2D eigenvalue weighted by atomic mass is 9.81. The van der Waals surface area contributed by atoms with Crippen LogP contribution >= 0.6 is 22.6 Å². The van der Waals surface area contributed by atoms with Crippen LogP contribution in [-0.2, 0) is 0 Å². The van der Waals surface area contributed by atoms with Gasteiger partial charge in [0.15, 0.2) is 0 Å². The van der Waals surface area contributed by atoms with Gasteiger partial charge in [-0.25, -0.2) is 0 Å². The summed E-state index contributed by atoms with van der Waals surface area (Å²) >= 11 is 1.92. The minimum Gasteiger partial charge on any atom is -0.338 e. The maximum absolute atomic E-state index is 12.4. The van der Waals surface area contributed by atoms with Gasteiger partial charge < -0.3 is 4.52 Å². The number of halogens is 4. The van der Waals surface area contributed by atoms with Crippen molar-refractivity contribution in [3.8, 4) is 0 Å². The van der Waals surface area contributed by atoms with E-state index in [4.69, 9.17) is 4.52 Å². The first-order valence-corrected chi connectivity index (χ1v) is 6.10. The second kappa shape index (κ2) is 4.50. The van der Waals surface area contributed by atoms with Crippen LogP contribution in [0.4, 0.5) is 13.2 Å².